The van der Waals surface area contributed by atoms with Crippen molar-refractivity contribution in [3.05, 3.63) is 88.6 Å². The van der Waals surface area contributed by atoms with E-state index >= 15 is 0 Å². The minimum Gasteiger partial charge on any atom is -0.331 e. The lowest BCUT2D eigenvalue weighted by atomic mass is 10.1. The molecule has 1 aliphatic rings. The number of anilines is 1. The summed E-state index contributed by atoms with van der Waals surface area (Å²) >= 11 is 0. The van der Waals surface area contributed by atoms with Gasteiger partial charge >= 0.3 is 0 Å². The third-order valence-corrected chi connectivity index (χ3v) is 5.91. The zero-order chi connectivity index (χ0) is 22.9. The van der Waals surface area contributed by atoms with Gasteiger partial charge in [0.05, 0.1) is 17.6 Å². The molecule has 1 saturated heterocycles. The van der Waals surface area contributed by atoms with Gasteiger partial charge in [0.15, 0.2) is 5.43 Å². The number of nitrogens with one attached hydrogen (secondary N) is 1. The largest absolute Gasteiger partial charge is 0.331 e. The Morgan fingerprint density at radius 3 is 1.88 bits per heavy atom. The summed E-state index contributed by atoms with van der Waals surface area (Å²) in [6.45, 7) is 0.279. The molecule has 0 saturated carbocycles. The molecule has 2 heterocycles. The van der Waals surface area contributed by atoms with E-state index in [0.29, 0.717) is 27.5 Å². The van der Waals surface area contributed by atoms with E-state index in [1.54, 1.807) is 36.4 Å². The normalized spacial score (nSPS) is 13.8. The first kappa shape index (κ1) is 20.6. The van der Waals surface area contributed by atoms with E-state index in [2.05, 4.69) is 5.32 Å². The van der Waals surface area contributed by atoms with Crippen molar-refractivity contribution in [2.45, 2.75) is 25.9 Å². The molecule has 0 spiro atoms. The minimum absolute atomic E-state index is 0.0415. The zero-order valence-corrected chi connectivity index (χ0v) is 17.8. The topological polar surface area (TPSA) is 88.5 Å². The van der Waals surface area contributed by atoms with Crippen LogP contribution in [0.15, 0.2) is 77.6 Å². The van der Waals surface area contributed by atoms with E-state index < -0.39 is 0 Å². The highest BCUT2D eigenvalue weighted by Gasteiger charge is 2.28. The summed E-state index contributed by atoms with van der Waals surface area (Å²) in [5.41, 5.74) is 2.77. The van der Waals surface area contributed by atoms with Crippen LogP contribution >= 0.6 is 0 Å². The molecule has 5 rings (SSSR count). The molecular weight excluding hydrogens is 418 g/mol. The molecule has 1 aliphatic heterocycles. The molecule has 3 amide bonds. The smallest absolute Gasteiger partial charge is 0.244 e. The predicted molar refractivity (Wildman–Crippen MR) is 126 cm³/mol. The second kappa shape index (κ2) is 8.35. The summed E-state index contributed by atoms with van der Waals surface area (Å²) in [7, 11) is 0. The molecule has 1 aromatic heterocycles. The maximum Gasteiger partial charge on any atom is 0.244 e. The molecule has 0 aliphatic carbocycles. The lowest BCUT2D eigenvalue weighted by Crippen LogP contribution is -2.28. The lowest BCUT2D eigenvalue weighted by molar-refractivity contribution is -0.139. The van der Waals surface area contributed by atoms with Crippen molar-refractivity contribution in [1.82, 2.24) is 9.47 Å². The van der Waals surface area contributed by atoms with Gasteiger partial charge in [0.25, 0.3) is 0 Å². The van der Waals surface area contributed by atoms with Gasteiger partial charge in [0, 0.05) is 29.3 Å². The van der Waals surface area contributed by atoms with Crippen LogP contribution in [0.1, 0.15) is 18.4 Å². The Kier molecular flexibility index (Phi) is 5.22. The number of rotatable bonds is 5. The predicted octanol–water partition coefficient (Wildman–Crippen LogP) is 3.44. The average molecular weight is 439 g/mol. The van der Waals surface area contributed by atoms with Crippen LogP contribution in [-0.2, 0) is 27.5 Å². The molecule has 33 heavy (non-hydrogen) atoms. The number of hydrogen-bond acceptors (Lipinski definition) is 4. The standard InChI is InChI=1S/C26H21N3O4/c30-23(27-18-11-9-17(10-12-18)15-29-24(31)13-14-25(29)32)16-28-21-7-3-1-5-19(21)26(33)20-6-2-4-8-22(20)28/h1-12H,13-16H2,(H,27,30). The fraction of sp³-hybridized carbons (Fsp3) is 0.154. The number of likely N-dealkylation sites (tertiary alicyclic amines) is 1. The van der Waals surface area contributed by atoms with Crippen LogP contribution in [-0.4, -0.2) is 27.2 Å². The number of carbonyl (C=O) groups excluding carboxylic acids is 3. The fourth-order valence-corrected chi connectivity index (χ4v) is 4.27. The van der Waals surface area contributed by atoms with Gasteiger partial charge in [-0.15, -0.1) is 0 Å². The molecular formula is C26H21N3O4. The summed E-state index contributed by atoms with van der Waals surface area (Å²) in [6, 6.07) is 21.6. The molecule has 7 heteroatoms. The number of nitrogens with zero attached hydrogens (tertiary/aromatic N) is 2. The van der Waals surface area contributed by atoms with Crippen molar-refractivity contribution >= 4 is 45.2 Å². The van der Waals surface area contributed by atoms with E-state index in [1.807, 2.05) is 41.0 Å². The van der Waals surface area contributed by atoms with E-state index in [1.165, 1.54) is 4.90 Å². The quantitative estimate of drug-likeness (QED) is 0.381. The minimum atomic E-state index is -0.230. The van der Waals surface area contributed by atoms with Gasteiger partial charge in [-0.3, -0.25) is 24.1 Å². The van der Waals surface area contributed by atoms with Crippen LogP contribution in [0.3, 0.4) is 0 Å². The van der Waals surface area contributed by atoms with Crippen LogP contribution < -0.4 is 10.7 Å². The number of carbonyl (C=O) groups is 3. The van der Waals surface area contributed by atoms with Crippen LogP contribution in [0, 0.1) is 0 Å². The van der Waals surface area contributed by atoms with Crippen molar-refractivity contribution < 1.29 is 14.4 Å². The van der Waals surface area contributed by atoms with E-state index in [-0.39, 0.29) is 49.1 Å². The highest BCUT2D eigenvalue weighted by molar-refractivity contribution is 6.02. The second-order valence-electron chi connectivity index (χ2n) is 8.07. The maximum absolute atomic E-state index is 12.9. The summed E-state index contributed by atoms with van der Waals surface area (Å²) in [4.78, 5) is 50.6. The average Bonchev–Trinajstić information content (AvgIpc) is 3.15. The van der Waals surface area contributed by atoms with E-state index in [0.717, 1.165) is 5.56 Å². The van der Waals surface area contributed by atoms with Crippen LogP contribution in [0.5, 0.6) is 0 Å². The second-order valence-corrected chi connectivity index (χ2v) is 8.07. The van der Waals surface area contributed by atoms with Crippen molar-refractivity contribution in [3.8, 4) is 0 Å². The summed E-state index contributed by atoms with van der Waals surface area (Å²) in [6.07, 6.45) is 0.530. The number of fused-ring (bicyclic) bond motifs is 2. The molecule has 164 valence electrons. The third-order valence-electron chi connectivity index (χ3n) is 5.91. The summed E-state index contributed by atoms with van der Waals surface area (Å²) in [5, 5.41) is 4.03. The molecule has 0 bridgehead atoms. The number of hydrogen-bond donors (Lipinski definition) is 1. The highest BCUT2D eigenvalue weighted by atomic mass is 16.2. The molecule has 3 aromatic carbocycles. The highest BCUT2D eigenvalue weighted by Crippen LogP contribution is 2.20. The first-order valence-electron chi connectivity index (χ1n) is 10.7. The van der Waals surface area contributed by atoms with Gasteiger partial charge < -0.3 is 9.88 Å². The summed E-state index contributed by atoms with van der Waals surface area (Å²) in [5.74, 6) is -0.539. The molecule has 1 N–H and O–H groups in total. The van der Waals surface area contributed by atoms with Gasteiger partial charge in [-0.05, 0) is 42.0 Å². The molecule has 0 atom stereocenters. The van der Waals surface area contributed by atoms with Gasteiger partial charge in [0.2, 0.25) is 17.7 Å². The van der Waals surface area contributed by atoms with Crippen molar-refractivity contribution in [2.24, 2.45) is 0 Å². The SMILES string of the molecule is O=C(Cn1c2ccccc2c(=O)c2ccccc21)Nc1ccc(CN2C(=O)CCC2=O)cc1. The van der Waals surface area contributed by atoms with Crippen LogP contribution in [0.2, 0.25) is 0 Å². The number of pyridine rings is 1. The first-order chi connectivity index (χ1) is 16.0. The number of amides is 3. The third kappa shape index (κ3) is 3.89. The van der Waals surface area contributed by atoms with Crippen molar-refractivity contribution in [1.29, 1.82) is 0 Å². The van der Waals surface area contributed by atoms with E-state index in [9.17, 15) is 19.2 Å². The molecule has 0 radical (unpaired) electrons. The van der Waals surface area contributed by atoms with Crippen LogP contribution in [0.4, 0.5) is 5.69 Å². The Hall–Kier alpha value is -4.26. The first-order valence-corrected chi connectivity index (χ1v) is 10.7. The van der Waals surface area contributed by atoms with Gasteiger partial charge in [0.1, 0.15) is 6.54 Å². The molecule has 0 unspecified atom stereocenters. The Morgan fingerprint density at radius 2 is 1.30 bits per heavy atom. The van der Waals surface area contributed by atoms with Crippen molar-refractivity contribution in [3.63, 3.8) is 0 Å². The molecule has 1 fully saturated rings. The van der Waals surface area contributed by atoms with Gasteiger partial charge in [-0.1, -0.05) is 36.4 Å². The Bertz CT molecular complexity index is 1390. The van der Waals surface area contributed by atoms with Crippen molar-refractivity contribution in [2.75, 3.05) is 5.32 Å². The fourth-order valence-electron chi connectivity index (χ4n) is 4.27. The number of imide groups is 1. The number of aromatic nitrogens is 1. The molecule has 7 nitrogen and oxygen atoms in total. The zero-order valence-electron chi connectivity index (χ0n) is 17.8. The monoisotopic (exact) mass is 439 g/mol. The van der Waals surface area contributed by atoms with Crippen LogP contribution in [0.25, 0.3) is 21.8 Å². The van der Waals surface area contributed by atoms with Gasteiger partial charge in [-0.2, -0.15) is 0 Å². The maximum atomic E-state index is 12.9. The van der Waals surface area contributed by atoms with E-state index in [4.69, 9.17) is 0 Å². The lowest BCUT2D eigenvalue weighted by Gasteiger charge is -2.16. The van der Waals surface area contributed by atoms with Gasteiger partial charge in [-0.25, -0.2) is 0 Å². The molecule has 4 aromatic rings. The Balaban J connectivity index is 1.37. The number of benzene rings is 3. The summed E-state index contributed by atoms with van der Waals surface area (Å²) < 4.78 is 1.85. The number of para-hydroxylation sites is 2. The Labute approximate surface area is 189 Å². The Morgan fingerprint density at radius 1 is 0.758 bits per heavy atom.